The number of carboxylic acids is 1. The van der Waals surface area contributed by atoms with Gasteiger partial charge in [0.15, 0.2) is 0 Å². The van der Waals surface area contributed by atoms with Gasteiger partial charge in [0.05, 0.1) is 17.1 Å². The summed E-state index contributed by atoms with van der Waals surface area (Å²) in [5.41, 5.74) is 2.08. The van der Waals surface area contributed by atoms with Crippen LogP contribution in [-0.4, -0.2) is 59.8 Å². The Balaban J connectivity index is 0.000000532. The van der Waals surface area contributed by atoms with E-state index >= 15 is 0 Å². The van der Waals surface area contributed by atoms with E-state index in [0.717, 1.165) is 42.4 Å². The maximum atomic E-state index is 12.4. The minimum absolute atomic E-state index is 0.0875. The summed E-state index contributed by atoms with van der Waals surface area (Å²) in [4.78, 5) is 32.7. The molecule has 1 heterocycles. The molecule has 1 aromatic heterocycles. The number of amides is 1. The third-order valence-corrected chi connectivity index (χ3v) is 6.26. The van der Waals surface area contributed by atoms with Crippen molar-refractivity contribution in [3.63, 3.8) is 0 Å². The Labute approximate surface area is 223 Å². The molecule has 3 aromatic rings. The van der Waals surface area contributed by atoms with Gasteiger partial charge in [-0.25, -0.2) is 9.78 Å². The van der Waals surface area contributed by atoms with Crippen LogP contribution in [0.2, 0.25) is 0 Å². The third kappa shape index (κ3) is 8.29. The monoisotopic (exact) mass is 542 g/mol. The van der Waals surface area contributed by atoms with E-state index in [0.29, 0.717) is 35.6 Å². The lowest BCUT2D eigenvalue weighted by molar-refractivity contribution is -0.192. The van der Waals surface area contributed by atoms with Gasteiger partial charge in [0.2, 0.25) is 5.95 Å². The van der Waals surface area contributed by atoms with Crippen molar-refractivity contribution in [2.75, 3.05) is 30.9 Å². The molecule has 1 amide bonds. The molecule has 0 spiro atoms. The summed E-state index contributed by atoms with van der Waals surface area (Å²) in [6.07, 6.45) is -0.964. The van der Waals surface area contributed by atoms with Gasteiger partial charge in [-0.3, -0.25) is 4.79 Å². The minimum atomic E-state index is -5.08. The zero-order chi connectivity index (χ0) is 28.6. The molecule has 2 aromatic carbocycles. The number of carbonyl (C=O) groups is 2. The molecule has 1 aliphatic rings. The van der Waals surface area contributed by atoms with Crippen LogP contribution in [0.25, 0.3) is 10.9 Å². The number of para-hydroxylation sites is 1. The van der Waals surface area contributed by atoms with Crippen LogP contribution in [0.5, 0.6) is 0 Å². The number of carbonyl (C=O) groups excluding carboxylic acids is 1. The molecule has 0 aliphatic heterocycles. The van der Waals surface area contributed by atoms with E-state index in [1.54, 1.807) is 24.3 Å². The number of hydrogen-bond donors (Lipinski definition) is 3. The van der Waals surface area contributed by atoms with Gasteiger partial charge in [-0.1, -0.05) is 12.1 Å². The molecule has 39 heavy (non-hydrogen) atoms. The molecule has 3 N–H and O–H groups in total. The van der Waals surface area contributed by atoms with Crippen LogP contribution in [0.15, 0.2) is 48.5 Å². The molecule has 0 radical (unpaired) electrons. The van der Waals surface area contributed by atoms with Crippen molar-refractivity contribution in [3.05, 3.63) is 59.7 Å². The summed E-state index contributed by atoms with van der Waals surface area (Å²) in [6, 6.07) is 17.2. The summed E-state index contributed by atoms with van der Waals surface area (Å²) in [5, 5.41) is 23.6. The molecule has 12 heteroatoms. The second kappa shape index (κ2) is 12.9. The maximum Gasteiger partial charge on any atom is 0.490 e. The van der Waals surface area contributed by atoms with Crippen molar-refractivity contribution in [2.24, 2.45) is 5.92 Å². The number of rotatable bonds is 6. The fourth-order valence-electron chi connectivity index (χ4n) is 4.19. The topological polar surface area (TPSA) is 131 Å². The second-order valence-corrected chi connectivity index (χ2v) is 9.35. The van der Waals surface area contributed by atoms with Gasteiger partial charge in [0.25, 0.3) is 5.91 Å². The second-order valence-electron chi connectivity index (χ2n) is 9.35. The molecular weight excluding hydrogens is 513 g/mol. The molecule has 1 aliphatic carbocycles. The Morgan fingerprint density at radius 2 is 1.67 bits per heavy atom. The standard InChI is InChI=1S/C25H28N6O.C2HF3O2/c1-31(2)23-21-5-3-4-6-22(21)29-25(30-23)28-20-13-9-18(10-14-20)16-27-24(32)19-11-7-17(15-26)8-12-19;3-2(4,5)1(6)7/h3-8,11-12,18,20H,9-10,13-14,16H2,1-2H3,(H,27,32)(H,28,29,30);(H,6,7). The number of carboxylic acid groups (broad SMARTS) is 1. The first-order valence-corrected chi connectivity index (χ1v) is 12.3. The molecule has 1 fully saturated rings. The number of aromatic nitrogens is 2. The predicted octanol–water partition coefficient (Wildman–Crippen LogP) is 4.60. The van der Waals surface area contributed by atoms with Gasteiger partial charge >= 0.3 is 12.1 Å². The normalized spacial score (nSPS) is 16.8. The molecule has 0 saturated heterocycles. The number of halogens is 3. The summed E-state index contributed by atoms with van der Waals surface area (Å²) < 4.78 is 31.7. The van der Waals surface area contributed by atoms with E-state index in [1.807, 2.05) is 43.3 Å². The van der Waals surface area contributed by atoms with Crippen molar-refractivity contribution in [2.45, 2.75) is 37.9 Å². The molecule has 1 saturated carbocycles. The number of nitriles is 1. The lowest BCUT2D eigenvalue weighted by atomic mass is 9.86. The first-order valence-electron chi connectivity index (χ1n) is 12.3. The van der Waals surface area contributed by atoms with Crippen LogP contribution < -0.4 is 15.5 Å². The fourth-order valence-corrected chi connectivity index (χ4v) is 4.19. The van der Waals surface area contributed by atoms with Crippen LogP contribution in [0.1, 0.15) is 41.6 Å². The van der Waals surface area contributed by atoms with Crippen LogP contribution >= 0.6 is 0 Å². The number of alkyl halides is 3. The Morgan fingerprint density at radius 1 is 1.05 bits per heavy atom. The molecule has 0 atom stereocenters. The Hall–Kier alpha value is -4.40. The van der Waals surface area contributed by atoms with E-state index in [-0.39, 0.29) is 5.91 Å². The highest BCUT2D eigenvalue weighted by Gasteiger charge is 2.38. The van der Waals surface area contributed by atoms with Crippen LogP contribution in [0.3, 0.4) is 0 Å². The lowest BCUT2D eigenvalue weighted by Crippen LogP contribution is -2.34. The lowest BCUT2D eigenvalue weighted by Gasteiger charge is -2.29. The zero-order valence-electron chi connectivity index (χ0n) is 21.5. The van der Waals surface area contributed by atoms with E-state index in [1.165, 1.54) is 0 Å². The van der Waals surface area contributed by atoms with Gasteiger partial charge in [-0.2, -0.15) is 23.4 Å². The number of anilines is 2. The minimum Gasteiger partial charge on any atom is -0.475 e. The van der Waals surface area contributed by atoms with E-state index in [2.05, 4.69) is 16.7 Å². The van der Waals surface area contributed by atoms with Crippen molar-refractivity contribution < 1.29 is 27.9 Å². The van der Waals surface area contributed by atoms with Crippen molar-refractivity contribution in [1.82, 2.24) is 15.3 Å². The van der Waals surface area contributed by atoms with Crippen molar-refractivity contribution in [1.29, 1.82) is 5.26 Å². The molecule has 0 bridgehead atoms. The summed E-state index contributed by atoms with van der Waals surface area (Å²) in [7, 11) is 3.99. The van der Waals surface area contributed by atoms with E-state index in [9.17, 15) is 18.0 Å². The first kappa shape index (κ1) is 29.2. The highest BCUT2D eigenvalue weighted by molar-refractivity contribution is 5.94. The van der Waals surface area contributed by atoms with E-state index < -0.39 is 12.1 Å². The zero-order valence-corrected chi connectivity index (χ0v) is 21.5. The van der Waals surface area contributed by atoms with Gasteiger partial charge in [-0.15, -0.1) is 0 Å². The molecular formula is C27H29F3N6O3. The third-order valence-electron chi connectivity index (χ3n) is 6.26. The Morgan fingerprint density at radius 3 is 2.23 bits per heavy atom. The number of hydrogen-bond acceptors (Lipinski definition) is 7. The van der Waals surface area contributed by atoms with Gasteiger partial charge in [-0.05, 0) is 68.0 Å². The summed E-state index contributed by atoms with van der Waals surface area (Å²) in [6.45, 7) is 0.669. The number of aliphatic carboxylic acids is 1. The number of nitrogens with one attached hydrogen (secondary N) is 2. The van der Waals surface area contributed by atoms with E-state index in [4.69, 9.17) is 25.1 Å². The Bertz CT molecular complexity index is 1330. The molecule has 4 rings (SSSR count). The predicted molar refractivity (Wildman–Crippen MR) is 140 cm³/mol. The maximum absolute atomic E-state index is 12.4. The summed E-state index contributed by atoms with van der Waals surface area (Å²) >= 11 is 0. The van der Waals surface area contributed by atoms with Crippen molar-refractivity contribution >= 4 is 34.5 Å². The highest BCUT2D eigenvalue weighted by atomic mass is 19.4. The molecule has 0 unspecified atom stereocenters. The number of benzene rings is 2. The number of fused-ring (bicyclic) bond motifs is 1. The smallest absolute Gasteiger partial charge is 0.475 e. The molecule has 9 nitrogen and oxygen atoms in total. The quantitative estimate of drug-likeness (QED) is 0.412. The van der Waals surface area contributed by atoms with Gasteiger partial charge in [0.1, 0.15) is 5.82 Å². The first-order chi connectivity index (χ1) is 18.5. The average molecular weight is 543 g/mol. The fraction of sp³-hybridized carbons (Fsp3) is 0.370. The largest absolute Gasteiger partial charge is 0.490 e. The van der Waals surface area contributed by atoms with Gasteiger partial charge < -0.3 is 20.6 Å². The number of nitrogens with zero attached hydrogens (tertiary/aromatic N) is 4. The van der Waals surface area contributed by atoms with Crippen LogP contribution in [0.4, 0.5) is 24.9 Å². The van der Waals surface area contributed by atoms with Gasteiger partial charge in [0, 0.05) is 37.6 Å². The average Bonchev–Trinajstić information content (AvgIpc) is 2.92. The molecule has 206 valence electrons. The highest BCUT2D eigenvalue weighted by Crippen LogP contribution is 2.28. The van der Waals surface area contributed by atoms with Crippen LogP contribution in [-0.2, 0) is 4.79 Å². The van der Waals surface area contributed by atoms with Crippen LogP contribution in [0, 0.1) is 17.2 Å². The SMILES string of the molecule is CN(C)c1nc(NC2CCC(CNC(=O)c3ccc(C#N)cc3)CC2)nc2ccccc12.O=C(O)C(F)(F)F. The Kier molecular flexibility index (Phi) is 9.65. The van der Waals surface area contributed by atoms with Crippen molar-refractivity contribution in [3.8, 4) is 6.07 Å². The summed E-state index contributed by atoms with van der Waals surface area (Å²) in [5.74, 6) is -0.796.